The Bertz CT molecular complexity index is 1090. The molecule has 2 heterocycles. The lowest BCUT2D eigenvalue weighted by Gasteiger charge is -2.29. The van der Waals surface area contributed by atoms with E-state index in [1.165, 1.54) is 4.90 Å². The number of carbonyl (C=O) groups excluding carboxylic acids is 2. The molecule has 3 atom stereocenters. The van der Waals surface area contributed by atoms with Crippen LogP contribution in [-0.2, 0) is 14.4 Å². The van der Waals surface area contributed by atoms with E-state index in [9.17, 15) is 9.59 Å². The van der Waals surface area contributed by atoms with Gasteiger partial charge in [-0.3, -0.25) is 14.4 Å². The standard InChI is InChI=1S/C24H20N2O4/c1-29-19-14-8-9-16(15-19)21-20-22(30-26(21)18-12-6-3-7-13-18)24(28)25(23(20)27)17-10-4-2-5-11-17/h2-15,20-22H,1H3/t20-,21+,22-/m0/s1. The Hall–Kier alpha value is -3.64. The molecule has 0 aromatic heterocycles. The van der Waals surface area contributed by atoms with Crippen molar-refractivity contribution in [2.75, 3.05) is 17.1 Å². The van der Waals surface area contributed by atoms with Gasteiger partial charge in [0.2, 0.25) is 5.91 Å². The third-order valence-corrected chi connectivity index (χ3v) is 5.58. The minimum atomic E-state index is -0.880. The van der Waals surface area contributed by atoms with E-state index in [0.717, 1.165) is 11.3 Å². The number of anilines is 2. The van der Waals surface area contributed by atoms with Crippen LogP contribution in [0.3, 0.4) is 0 Å². The molecule has 0 bridgehead atoms. The van der Waals surface area contributed by atoms with Crippen molar-refractivity contribution in [2.45, 2.75) is 12.1 Å². The van der Waals surface area contributed by atoms with Gasteiger partial charge in [0.05, 0.1) is 24.5 Å². The van der Waals surface area contributed by atoms with Crippen LogP contribution in [0, 0.1) is 5.92 Å². The lowest BCUT2D eigenvalue weighted by atomic mass is 9.90. The minimum absolute atomic E-state index is 0.262. The molecule has 3 aromatic rings. The summed E-state index contributed by atoms with van der Waals surface area (Å²) in [7, 11) is 1.60. The molecule has 6 heteroatoms. The van der Waals surface area contributed by atoms with Gasteiger partial charge in [-0.25, -0.2) is 9.96 Å². The minimum Gasteiger partial charge on any atom is -0.497 e. The first-order valence-corrected chi connectivity index (χ1v) is 9.77. The second-order valence-electron chi connectivity index (χ2n) is 7.28. The zero-order valence-corrected chi connectivity index (χ0v) is 16.3. The van der Waals surface area contributed by atoms with Gasteiger partial charge in [0.1, 0.15) is 11.7 Å². The molecular weight excluding hydrogens is 380 g/mol. The topological polar surface area (TPSA) is 59.1 Å². The quantitative estimate of drug-likeness (QED) is 0.625. The average Bonchev–Trinajstić information content (AvgIpc) is 3.31. The Morgan fingerprint density at radius 1 is 0.800 bits per heavy atom. The molecule has 0 saturated carbocycles. The highest BCUT2D eigenvalue weighted by Crippen LogP contribution is 2.47. The fourth-order valence-corrected chi connectivity index (χ4v) is 4.21. The Balaban J connectivity index is 1.60. The van der Waals surface area contributed by atoms with Gasteiger partial charge in [0, 0.05) is 0 Å². The van der Waals surface area contributed by atoms with Crippen molar-refractivity contribution in [1.29, 1.82) is 0 Å². The number of amides is 2. The fourth-order valence-electron chi connectivity index (χ4n) is 4.21. The molecular formula is C24H20N2O4. The smallest absolute Gasteiger partial charge is 0.266 e. The first-order chi connectivity index (χ1) is 14.7. The largest absolute Gasteiger partial charge is 0.497 e. The van der Waals surface area contributed by atoms with Gasteiger partial charge in [-0.2, -0.15) is 0 Å². The molecule has 0 radical (unpaired) electrons. The number of carbonyl (C=O) groups is 2. The maximum atomic E-state index is 13.5. The van der Waals surface area contributed by atoms with Gasteiger partial charge >= 0.3 is 0 Å². The second kappa shape index (κ2) is 7.31. The normalized spacial score (nSPS) is 23.0. The number of para-hydroxylation sites is 2. The molecule has 2 saturated heterocycles. The average molecular weight is 400 g/mol. The van der Waals surface area contributed by atoms with Crippen LogP contribution in [0.5, 0.6) is 5.75 Å². The Kier molecular flexibility index (Phi) is 4.48. The number of hydroxylamine groups is 1. The van der Waals surface area contributed by atoms with Crippen molar-refractivity contribution in [1.82, 2.24) is 0 Å². The van der Waals surface area contributed by atoms with Gasteiger partial charge in [-0.05, 0) is 42.0 Å². The number of imide groups is 1. The number of methoxy groups -OCH3 is 1. The van der Waals surface area contributed by atoms with Crippen molar-refractivity contribution in [2.24, 2.45) is 5.92 Å². The number of rotatable bonds is 4. The summed E-state index contributed by atoms with van der Waals surface area (Å²) in [4.78, 5) is 34.1. The zero-order chi connectivity index (χ0) is 20.7. The maximum absolute atomic E-state index is 13.5. The molecule has 0 aliphatic carbocycles. The van der Waals surface area contributed by atoms with Gasteiger partial charge in [0.25, 0.3) is 5.91 Å². The summed E-state index contributed by atoms with van der Waals surface area (Å²) >= 11 is 0. The summed E-state index contributed by atoms with van der Waals surface area (Å²) in [6, 6.07) is 25.6. The summed E-state index contributed by atoms with van der Waals surface area (Å²) < 4.78 is 5.38. The van der Waals surface area contributed by atoms with E-state index < -0.39 is 18.1 Å². The summed E-state index contributed by atoms with van der Waals surface area (Å²) in [6.07, 6.45) is -0.880. The molecule has 3 aromatic carbocycles. The number of ether oxygens (including phenoxy) is 1. The predicted molar refractivity (Wildman–Crippen MR) is 112 cm³/mol. The number of fused-ring (bicyclic) bond motifs is 1. The van der Waals surface area contributed by atoms with Crippen LogP contribution >= 0.6 is 0 Å². The highest BCUT2D eigenvalue weighted by atomic mass is 16.7. The molecule has 0 N–H and O–H groups in total. The SMILES string of the molecule is COc1cccc([C@@H]2[C@@H]3C(=O)N(c4ccccc4)C(=O)[C@H]3ON2c2ccccc2)c1. The highest BCUT2D eigenvalue weighted by molar-refractivity contribution is 6.23. The van der Waals surface area contributed by atoms with E-state index in [-0.39, 0.29) is 11.8 Å². The first-order valence-electron chi connectivity index (χ1n) is 9.77. The van der Waals surface area contributed by atoms with E-state index in [1.54, 1.807) is 36.4 Å². The molecule has 2 amide bonds. The Labute approximate surface area is 174 Å². The fraction of sp³-hybridized carbons (Fsp3) is 0.167. The Morgan fingerprint density at radius 2 is 1.47 bits per heavy atom. The van der Waals surface area contributed by atoms with Crippen LogP contribution in [0.1, 0.15) is 11.6 Å². The van der Waals surface area contributed by atoms with Crippen LogP contribution in [0.15, 0.2) is 84.9 Å². The molecule has 2 fully saturated rings. The summed E-state index contributed by atoms with van der Waals surface area (Å²) in [5.74, 6) is -0.587. The molecule has 5 rings (SSSR count). The molecule has 0 spiro atoms. The lowest BCUT2D eigenvalue weighted by molar-refractivity contribution is -0.126. The predicted octanol–water partition coefficient (Wildman–Crippen LogP) is 3.75. The molecule has 150 valence electrons. The van der Waals surface area contributed by atoms with Crippen LogP contribution in [0.2, 0.25) is 0 Å². The van der Waals surface area contributed by atoms with E-state index in [1.807, 2.05) is 60.7 Å². The third kappa shape index (κ3) is 2.84. The van der Waals surface area contributed by atoms with E-state index >= 15 is 0 Å². The van der Waals surface area contributed by atoms with Crippen molar-refractivity contribution < 1.29 is 19.2 Å². The summed E-state index contributed by atoms with van der Waals surface area (Å²) in [6.45, 7) is 0. The van der Waals surface area contributed by atoms with Crippen molar-refractivity contribution in [3.63, 3.8) is 0 Å². The van der Waals surface area contributed by atoms with E-state index in [4.69, 9.17) is 9.57 Å². The molecule has 2 aliphatic rings. The van der Waals surface area contributed by atoms with Crippen LogP contribution in [0.25, 0.3) is 0 Å². The lowest BCUT2D eigenvalue weighted by Crippen LogP contribution is -2.37. The number of hydrogen-bond acceptors (Lipinski definition) is 5. The number of nitrogens with zero attached hydrogens (tertiary/aromatic N) is 2. The first kappa shape index (κ1) is 18.4. The monoisotopic (exact) mass is 400 g/mol. The van der Waals surface area contributed by atoms with E-state index in [0.29, 0.717) is 11.4 Å². The van der Waals surface area contributed by atoms with Gasteiger partial charge in [-0.15, -0.1) is 0 Å². The van der Waals surface area contributed by atoms with Gasteiger partial charge in [-0.1, -0.05) is 48.5 Å². The van der Waals surface area contributed by atoms with Crippen LogP contribution in [-0.4, -0.2) is 25.0 Å². The maximum Gasteiger partial charge on any atom is 0.266 e. The zero-order valence-electron chi connectivity index (χ0n) is 16.3. The van der Waals surface area contributed by atoms with Gasteiger partial charge < -0.3 is 4.74 Å². The van der Waals surface area contributed by atoms with Gasteiger partial charge in [0.15, 0.2) is 6.10 Å². The second-order valence-corrected chi connectivity index (χ2v) is 7.28. The van der Waals surface area contributed by atoms with E-state index in [2.05, 4.69) is 0 Å². The third-order valence-electron chi connectivity index (χ3n) is 5.58. The van der Waals surface area contributed by atoms with Crippen LogP contribution in [0.4, 0.5) is 11.4 Å². The molecule has 2 aliphatic heterocycles. The Morgan fingerprint density at radius 3 is 2.13 bits per heavy atom. The number of hydrogen-bond donors (Lipinski definition) is 0. The molecule has 0 unspecified atom stereocenters. The molecule has 6 nitrogen and oxygen atoms in total. The van der Waals surface area contributed by atoms with Crippen molar-refractivity contribution in [3.05, 3.63) is 90.5 Å². The van der Waals surface area contributed by atoms with Crippen molar-refractivity contribution in [3.8, 4) is 5.75 Å². The summed E-state index contributed by atoms with van der Waals surface area (Å²) in [5.41, 5.74) is 2.19. The van der Waals surface area contributed by atoms with Crippen molar-refractivity contribution >= 4 is 23.2 Å². The number of benzene rings is 3. The summed E-state index contributed by atoms with van der Waals surface area (Å²) in [5, 5.41) is 1.68. The highest BCUT2D eigenvalue weighted by Gasteiger charge is 2.60. The molecule has 30 heavy (non-hydrogen) atoms. The van der Waals surface area contributed by atoms with Crippen LogP contribution < -0.4 is 14.7 Å².